The molecule has 1 aromatic heterocycles. The summed E-state index contributed by atoms with van der Waals surface area (Å²) in [5.74, 6) is 0. The molecule has 9 heteroatoms. The first-order valence-corrected chi connectivity index (χ1v) is 9.48. The average molecular weight is 355 g/mol. The van der Waals surface area contributed by atoms with Gasteiger partial charge in [0.2, 0.25) is 10.0 Å². The highest BCUT2D eigenvalue weighted by molar-refractivity contribution is 7.91. The molecule has 0 fully saturated rings. The van der Waals surface area contributed by atoms with Crippen molar-refractivity contribution >= 4 is 20.9 Å². The molecule has 2 aromatic rings. The van der Waals surface area contributed by atoms with Gasteiger partial charge in [-0.1, -0.05) is 6.92 Å². The number of sulfonamides is 1. The van der Waals surface area contributed by atoms with Crippen molar-refractivity contribution in [1.82, 2.24) is 9.66 Å². The summed E-state index contributed by atoms with van der Waals surface area (Å²) in [4.78, 5) is 29.0. The van der Waals surface area contributed by atoms with Crippen LogP contribution in [0.2, 0.25) is 0 Å². The topological polar surface area (TPSA) is 110 Å². The summed E-state index contributed by atoms with van der Waals surface area (Å²) in [5, 5.41) is 0.213. The molecule has 8 nitrogen and oxygen atoms in total. The van der Waals surface area contributed by atoms with Crippen LogP contribution in [0.3, 0.4) is 0 Å². The van der Waals surface area contributed by atoms with Gasteiger partial charge in [-0.15, -0.1) is 0 Å². The Morgan fingerprint density at radius 1 is 1.29 bits per heavy atom. The molecular weight excluding hydrogens is 334 g/mol. The van der Waals surface area contributed by atoms with Crippen LogP contribution in [0.1, 0.15) is 38.0 Å². The molecule has 2 rings (SSSR count). The van der Waals surface area contributed by atoms with Gasteiger partial charge in [0.15, 0.2) is 0 Å². The number of fused-ring (bicyclic) bond motifs is 1. The number of rotatable bonds is 6. The summed E-state index contributed by atoms with van der Waals surface area (Å²) in [6, 6.07) is 3.38. The smallest absolute Gasteiger partial charge is 0.348 e. The van der Waals surface area contributed by atoms with E-state index in [4.69, 9.17) is 4.74 Å². The molecule has 0 bridgehead atoms. The van der Waals surface area contributed by atoms with Gasteiger partial charge in [-0.3, -0.25) is 4.79 Å². The standard InChI is InChI=1S/C15H21N3O5S/c1-5-10-7-13-12(8-11(10)9(3)23-6-2)14(19)18(15(20)16-13)17-24(4,21)22/h7-9,17H,5-6H2,1-4H3,(H,16,20). The van der Waals surface area contributed by atoms with E-state index < -0.39 is 21.3 Å². The molecule has 1 atom stereocenters. The molecule has 2 N–H and O–H groups in total. The third-order valence-corrected chi connectivity index (χ3v) is 4.16. The lowest BCUT2D eigenvalue weighted by Gasteiger charge is -2.17. The zero-order chi connectivity index (χ0) is 18.1. The number of nitrogens with one attached hydrogen (secondary N) is 2. The van der Waals surface area contributed by atoms with Crippen molar-refractivity contribution < 1.29 is 13.2 Å². The molecule has 0 aliphatic heterocycles. The van der Waals surface area contributed by atoms with Crippen molar-refractivity contribution in [3.63, 3.8) is 0 Å². The molecule has 1 unspecified atom stereocenters. The number of hydrogen-bond acceptors (Lipinski definition) is 5. The lowest BCUT2D eigenvalue weighted by Crippen LogP contribution is -2.43. The molecule has 0 radical (unpaired) electrons. The lowest BCUT2D eigenvalue weighted by atomic mass is 9.98. The Bertz CT molecular complexity index is 975. The normalized spacial score (nSPS) is 13.2. The van der Waals surface area contributed by atoms with E-state index in [0.29, 0.717) is 23.2 Å². The second-order valence-electron chi connectivity index (χ2n) is 5.48. The van der Waals surface area contributed by atoms with Crippen molar-refractivity contribution in [1.29, 1.82) is 0 Å². The summed E-state index contributed by atoms with van der Waals surface area (Å²) in [6.45, 7) is 6.24. The van der Waals surface area contributed by atoms with Gasteiger partial charge in [-0.05, 0) is 43.5 Å². The molecule has 0 saturated heterocycles. The van der Waals surface area contributed by atoms with Crippen molar-refractivity contribution in [2.45, 2.75) is 33.3 Å². The second kappa shape index (κ2) is 6.78. The van der Waals surface area contributed by atoms with Crippen LogP contribution in [0.25, 0.3) is 10.9 Å². The highest BCUT2D eigenvalue weighted by atomic mass is 32.2. The summed E-state index contributed by atoms with van der Waals surface area (Å²) >= 11 is 0. The third-order valence-electron chi connectivity index (χ3n) is 3.65. The van der Waals surface area contributed by atoms with Crippen LogP contribution in [0.15, 0.2) is 21.7 Å². The average Bonchev–Trinajstić information content (AvgIpc) is 2.49. The Labute approximate surface area is 139 Å². The highest BCUT2D eigenvalue weighted by Gasteiger charge is 2.16. The maximum absolute atomic E-state index is 12.5. The van der Waals surface area contributed by atoms with Gasteiger partial charge < -0.3 is 9.72 Å². The third kappa shape index (κ3) is 3.68. The van der Waals surface area contributed by atoms with Crippen molar-refractivity contribution in [2.24, 2.45) is 0 Å². The van der Waals surface area contributed by atoms with Crippen molar-refractivity contribution in [3.8, 4) is 0 Å². The largest absolute Gasteiger partial charge is 0.374 e. The first kappa shape index (κ1) is 18.2. The number of nitrogens with zero attached hydrogens (tertiary/aromatic N) is 1. The molecule has 0 amide bonds. The summed E-state index contributed by atoms with van der Waals surface area (Å²) in [5.41, 5.74) is 0.576. The van der Waals surface area contributed by atoms with Crippen LogP contribution in [-0.4, -0.2) is 30.9 Å². The van der Waals surface area contributed by atoms with E-state index in [2.05, 4.69) is 4.98 Å². The molecule has 24 heavy (non-hydrogen) atoms. The minimum atomic E-state index is -3.77. The highest BCUT2D eigenvalue weighted by Crippen LogP contribution is 2.25. The van der Waals surface area contributed by atoms with Gasteiger partial charge in [-0.2, -0.15) is 4.68 Å². The van der Waals surface area contributed by atoms with E-state index in [1.807, 2.05) is 25.6 Å². The second-order valence-corrected chi connectivity index (χ2v) is 7.21. The molecule has 1 aromatic carbocycles. The quantitative estimate of drug-likeness (QED) is 0.798. The predicted octanol–water partition coefficient (Wildman–Crippen LogP) is 0.853. The van der Waals surface area contributed by atoms with Gasteiger partial charge in [0, 0.05) is 6.61 Å². The van der Waals surface area contributed by atoms with Crippen LogP contribution in [0.4, 0.5) is 0 Å². The maximum Gasteiger partial charge on any atom is 0.348 e. The number of benzene rings is 1. The SMILES string of the molecule is CCOC(C)c1cc2c(=O)n(NS(C)(=O)=O)c(=O)[nH]c2cc1CC. The van der Waals surface area contributed by atoms with E-state index in [1.54, 1.807) is 12.1 Å². The first-order chi connectivity index (χ1) is 11.2. The fraction of sp³-hybridized carbons (Fsp3) is 0.467. The molecular formula is C15H21N3O5S. The number of hydrogen-bond donors (Lipinski definition) is 2. The molecule has 0 saturated carbocycles. The zero-order valence-corrected chi connectivity index (χ0v) is 14.9. The van der Waals surface area contributed by atoms with Gasteiger partial charge >= 0.3 is 5.69 Å². The van der Waals surface area contributed by atoms with Crippen molar-refractivity contribution in [3.05, 3.63) is 44.1 Å². The van der Waals surface area contributed by atoms with E-state index in [0.717, 1.165) is 17.4 Å². The first-order valence-electron chi connectivity index (χ1n) is 7.59. The summed E-state index contributed by atoms with van der Waals surface area (Å²) in [7, 11) is -3.77. The summed E-state index contributed by atoms with van der Waals surface area (Å²) in [6.07, 6.45) is 1.35. The monoisotopic (exact) mass is 355 g/mol. The van der Waals surface area contributed by atoms with Gasteiger partial charge in [0.05, 0.1) is 23.3 Å². The van der Waals surface area contributed by atoms with Gasteiger partial charge in [0.25, 0.3) is 5.56 Å². The Kier molecular flexibility index (Phi) is 5.14. The minimum Gasteiger partial charge on any atom is -0.374 e. The fourth-order valence-electron chi connectivity index (χ4n) is 2.60. The van der Waals surface area contributed by atoms with E-state index in [-0.39, 0.29) is 11.5 Å². The van der Waals surface area contributed by atoms with Crippen LogP contribution >= 0.6 is 0 Å². The Morgan fingerprint density at radius 2 is 1.96 bits per heavy atom. The van der Waals surface area contributed by atoms with Crippen LogP contribution < -0.4 is 16.1 Å². The molecule has 0 aliphatic carbocycles. The lowest BCUT2D eigenvalue weighted by molar-refractivity contribution is 0.0759. The fourth-order valence-corrected chi connectivity index (χ4v) is 3.10. The predicted molar refractivity (Wildman–Crippen MR) is 92.5 cm³/mol. The van der Waals surface area contributed by atoms with E-state index in [9.17, 15) is 18.0 Å². The van der Waals surface area contributed by atoms with E-state index >= 15 is 0 Å². The number of aromatic nitrogens is 2. The number of aromatic amines is 1. The van der Waals surface area contributed by atoms with Crippen LogP contribution in [0.5, 0.6) is 0 Å². The number of ether oxygens (including phenoxy) is 1. The zero-order valence-electron chi connectivity index (χ0n) is 14.0. The van der Waals surface area contributed by atoms with Crippen LogP contribution in [0, 0.1) is 0 Å². The molecule has 0 aliphatic rings. The number of aryl methyl sites for hydroxylation is 1. The van der Waals surface area contributed by atoms with E-state index in [1.165, 1.54) is 0 Å². The Morgan fingerprint density at radius 3 is 2.50 bits per heavy atom. The van der Waals surface area contributed by atoms with Crippen molar-refractivity contribution in [2.75, 3.05) is 17.7 Å². The molecule has 1 heterocycles. The van der Waals surface area contributed by atoms with Crippen LogP contribution in [-0.2, 0) is 21.2 Å². The Hall–Kier alpha value is -2.13. The van der Waals surface area contributed by atoms with Gasteiger partial charge in [0.1, 0.15) is 0 Å². The maximum atomic E-state index is 12.5. The molecule has 0 spiro atoms. The van der Waals surface area contributed by atoms with Gasteiger partial charge in [-0.25, -0.2) is 18.0 Å². The minimum absolute atomic E-state index is 0.213. The Balaban J connectivity index is 2.77. The molecule has 132 valence electrons. The summed E-state index contributed by atoms with van der Waals surface area (Å²) < 4.78 is 28.8. The number of H-pyrrole nitrogens is 1.